The van der Waals surface area contributed by atoms with Gasteiger partial charge >= 0.3 is 0 Å². The van der Waals surface area contributed by atoms with Crippen LogP contribution >= 0.6 is 0 Å². The largest absolute Gasteiger partial charge is 0.439 e. The van der Waals surface area contributed by atoms with Gasteiger partial charge in [0, 0.05) is 18.5 Å². The molecule has 1 aromatic heterocycles. The minimum Gasteiger partial charge on any atom is -0.439 e. The van der Waals surface area contributed by atoms with Gasteiger partial charge in [-0.1, -0.05) is 13.8 Å². The van der Waals surface area contributed by atoms with Crippen molar-refractivity contribution in [2.24, 2.45) is 0 Å². The number of hydrogen-bond acceptors (Lipinski definition) is 4. The van der Waals surface area contributed by atoms with Gasteiger partial charge in [-0.05, 0) is 37.6 Å². The summed E-state index contributed by atoms with van der Waals surface area (Å²) in [5, 5.41) is 3.16. The van der Waals surface area contributed by atoms with Crippen LogP contribution in [0.2, 0.25) is 0 Å². The van der Waals surface area contributed by atoms with E-state index in [-0.39, 0.29) is 11.7 Å². The molecule has 0 saturated carbocycles. The Morgan fingerprint density at radius 1 is 1.24 bits per heavy atom. The van der Waals surface area contributed by atoms with E-state index < -0.39 is 0 Å². The first kappa shape index (κ1) is 15.2. The summed E-state index contributed by atoms with van der Waals surface area (Å²) < 4.78 is 19.0. The summed E-state index contributed by atoms with van der Waals surface area (Å²) in [6.45, 7) is 8.52. The molecule has 0 amide bonds. The first-order valence-electron chi connectivity index (χ1n) is 7.06. The van der Waals surface area contributed by atoms with E-state index in [1.165, 1.54) is 6.07 Å². The molecular formula is C16H20FN3O. The molecule has 21 heavy (non-hydrogen) atoms. The first-order valence-corrected chi connectivity index (χ1v) is 7.06. The average Bonchev–Trinajstić information content (AvgIpc) is 2.43. The predicted molar refractivity (Wildman–Crippen MR) is 81.5 cm³/mol. The summed E-state index contributed by atoms with van der Waals surface area (Å²) >= 11 is 0. The van der Waals surface area contributed by atoms with Crippen LogP contribution in [-0.2, 0) is 0 Å². The van der Waals surface area contributed by atoms with Gasteiger partial charge in [-0.3, -0.25) is 0 Å². The van der Waals surface area contributed by atoms with E-state index in [4.69, 9.17) is 4.74 Å². The van der Waals surface area contributed by atoms with Crippen molar-refractivity contribution in [3.05, 3.63) is 41.5 Å². The van der Waals surface area contributed by atoms with E-state index in [1.54, 1.807) is 25.1 Å². The van der Waals surface area contributed by atoms with Gasteiger partial charge in [0.1, 0.15) is 23.2 Å². The van der Waals surface area contributed by atoms with Crippen LogP contribution < -0.4 is 10.1 Å². The number of halogens is 1. The number of benzene rings is 1. The number of rotatable bonds is 5. The van der Waals surface area contributed by atoms with Crippen molar-refractivity contribution in [3.8, 4) is 11.6 Å². The number of ether oxygens (including phenoxy) is 1. The number of anilines is 1. The highest BCUT2D eigenvalue weighted by atomic mass is 19.1. The van der Waals surface area contributed by atoms with Gasteiger partial charge < -0.3 is 10.1 Å². The highest BCUT2D eigenvalue weighted by Gasteiger charge is 2.10. The van der Waals surface area contributed by atoms with Crippen molar-refractivity contribution in [3.63, 3.8) is 0 Å². The minimum absolute atomic E-state index is 0.195. The van der Waals surface area contributed by atoms with Crippen LogP contribution in [0.15, 0.2) is 24.3 Å². The Hall–Kier alpha value is -2.17. The number of nitrogens with one attached hydrogen (secondary N) is 1. The lowest BCUT2D eigenvalue weighted by Crippen LogP contribution is -2.05. The van der Waals surface area contributed by atoms with Gasteiger partial charge in [-0.2, -0.15) is 4.98 Å². The molecule has 0 bridgehead atoms. The van der Waals surface area contributed by atoms with Crippen LogP contribution in [0, 0.1) is 12.7 Å². The molecule has 0 unspecified atom stereocenters. The molecule has 5 heteroatoms. The number of aryl methyl sites for hydroxylation is 1. The van der Waals surface area contributed by atoms with E-state index in [2.05, 4.69) is 15.3 Å². The molecule has 2 rings (SSSR count). The molecule has 0 atom stereocenters. The standard InChI is InChI=1S/C16H20FN3O/c1-5-18-14-9-15(20-16(19-14)10(2)3)21-12-6-7-13(17)11(4)8-12/h6-10H,5H2,1-4H3,(H,18,19,20). The van der Waals surface area contributed by atoms with E-state index >= 15 is 0 Å². The SMILES string of the molecule is CCNc1cc(Oc2ccc(F)c(C)c2)nc(C(C)C)n1. The molecule has 1 heterocycles. The monoisotopic (exact) mass is 289 g/mol. The quantitative estimate of drug-likeness (QED) is 0.892. The second-order valence-electron chi connectivity index (χ2n) is 5.15. The number of hydrogen-bond donors (Lipinski definition) is 1. The van der Waals surface area contributed by atoms with Crippen LogP contribution in [-0.4, -0.2) is 16.5 Å². The first-order chi connectivity index (χ1) is 9.99. The van der Waals surface area contributed by atoms with Crippen LogP contribution in [0.5, 0.6) is 11.6 Å². The topological polar surface area (TPSA) is 47.0 Å². The molecule has 4 nitrogen and oxygen atoms in total. The van der Waals surface area contributed by atoms with E-state index in [9.17, 15) is 4.39 Å². The normalized spacial score (nSPS) is 10.8. The summed E-state index contributed by atoms with van der Waals surface area (Å²) in [6.07, 6.45) is 0. The zero-order valence-corrected chi connectivity index (χ0v) is 12.8. The van der Waals surface area contributed by atoms with Crippen LogP contribution in [0.3, 0.4) is 0 Å². The molecule has 0 aliphatic heterocycles. The molecule has 0 radical (unpaired) electrons. The fourth-order valence-corrected chi connectivity index (χ4v) is 1.83. The van der Waals surface area contributed by atoms with Gasteiger partial charge in [0.2, 0.25) is 5.88 Å². The Morgan fingerprint density at radius 2 is 2.00 bits per heavy atom. The maximum atomic E-state index is 13.3. The summed E-state index contributed by atoms with van der Waals surface area (Å²) in [4.78, 5) is 8.83. The maximum absolute atomic E-state index is 13.3. The minimum atomic E-state index is -0.249. The lowest BCUT2D eigenvalue weighted by atomic mass is 10.2. The van der Waals surface area contributed by atoms with E-state index in [0.717, 1.165) is 12.4 Å². The molecule has 0 spiro atoms. The van der Waals surface area contributed by atoms with Crippen LogP contribution in [0.4, 0.5) is 10.2 Å². The third-order valence-corrected chi connectivity index (χ3v) is 2.95. The molecule has 2 aromatic rings. The fourth-order valence-electron chi connectivity index (χ4n) is 1.83. The fraction of sp³-hybridized carbons (Fsp3) is 0.375. The Balaban J connectivity index is 2.31. The van der Waals surface area contributed by atoms with Crippen LogP contribution in [0.1, 0.15) is 38.1 Å². The van der Waals surface area contributed by atoms with Crippen molar-refractivity contribution < 1.29 is 9.13 Å². The van der Waals surface area contributed by atoms with Crippen LogP contribution in [0.25, 0.3) is 0 Å². The Kier molecular flexibility index (Phi) is 4.73. The lowest BCUT2D eigenvalue weighted by molar-refractivity contribution is 0.455. The van der Waals surface area contributed by atoms with Gasteiger partial charge in [0.05, 0.1) is 0 Å². The second kappa shape index (κ2) is 6.52. The number of nitrogens with zero attached hydrogens (tertiary/aromatic N) is 2. The maximum Gasteiger partial charge on any atom is 0.224 e. The molecular weight excluding hydrogens is 269 g/mol. The van der Waals surface area contributed by atoms with Gasteiger partial charge in [0.25, 0.3) is 0 Å². The summed E-state index contributed by atoms with van der Waals surface area (Å²) in [7, 11) is 0. The summed E-state index contributed by atoms with van der Waals surface area (Å²) in [6, 6.07) is 6.38. The lowest BCUT2D eigenvalue weighted by Gasteiger charge is -2.12. The highest BCUT2D eigenvalue weighted by molar-refractivity contribution is 5.41. The zero-order chi connectivity index (χ0) is 15.4. The van der Waals surface area contributed by atoms with E-state index in [1.807, 2.05) is 20.8 Å². The molecule has 112 valence electrons. The summed E-state index contributed by atoms with van der Waals surface area (Å²) in [5.41, 5.74) is 0.539. The van der Waals surface area contributed by atoms with Gasteiger partial charge in [0.15, 0.2) is 0 Å². The zero-order valence-electron chi connectivity index (χ0n) is 12.8. The van der Waals surface area contributed by atoms with Crippen molar-refractivity contribution in [1.29, 1.82) is 0 Å². The molecule has 0 saturated heterocycles. The second-order valence-corrected chi connectivity index (χ2v) is 5.15. The Morgan fingerprint density at radius 3 is 2.62 bits per heavy atom. The van der Waals surface area contributed by atoms with Crippen molar-refractivity contribution in [1.82, 2.24) is 9.97 Å². The Labute approximate surface area is 124 Å². The third kappa shape index (κ3) is 3.90. The Bertz CT molecular complexity index is 629. The molecule has 0 aliphatic rings. The molecule has 0 aliphatic carbocycles. The van der Waals surface area contributed by atoms with Gasteiger partial charge in [-0.25, -0.2) is 9.37 Å². The van der Waals surface area contributed by atoms with Crippen molar-refractivity contribution in [2.75, 3.05) is 11.9 Å². The van der Waals surface area contributed by atoms with E-state index in [0.29, 0.717) is 23.0 Å². The third-order valence-electron chi connectivity index (χ3n) is 2.95. The number of aromatic nitrogens is 2. The highest BCUT2D eigenvalue weighted by Crippen LogP contribution is 2.25. The van der Waals surface area contributed by atoms with Gasteiger partial charge in [-0.15, -0.1) is 0 Å². The van der Waals surface area contributed by atoms with Crippen molar-refractivity contribution in [2.45, 2.75) is 33.6 Å². The molecule has 0 fully saturated rings. The smallest absolute Gasteiger partial charge is 0.224 e. The molecule has 1 aromatic carbocycles. The predicted octanol–water partition coefficient (Wildman–Crippen LogP) is 4.27. The van der Waals surface area contributed by atoms with Crippen molar-refractivity contribution >= 4 is 5.82 Å². The molecule has 1 N–H and O–H groups in total. The average molecular weight is 289 g/mol. The summed E-state index contributed by atoms with van der Waals surface area (Å²) in [5.74, 6) is 2.40.